The second kappa shape index (κ2) is 5.11. The summed E-state index contributed by atoms with van der Waals surface area (Å²) in [5, 5.41) is 9.24. The van der Waals surface area contributed by atoms with E-state index in [0.717, 1.165) is 0 Å². The summed E-state index contributed by atoms with van der Waals surface area (Å²) in [5.41, 5.74) is 0.296. The molecule has 0 aromatic rings. The lowest BCUT2D eigenvalue weighted by Gasteiger charge is -2.21. The van der Waals surface area contributed by atoms with E-state index in [1.807, 2.05) is 6.07 Å². The fraction of sp³-hybridized carbons (Fsp3) is 0.667. The van der Waals surface area contributed by atoms with Crippen molar-refractivity contribution in [2.24, 2.45) is 5.92 Å². The highest BCUT2D eigenvalue weighted by Gasteiger charge is 2.54. The lowest BCUT2D eigenvalue weighted by Crippen LogP contribution is -2.37. The fourth-order valence-electron chi connectivity index (χ4n) is 2.24. The smallest absolute Gasteiger partial charge is 0.309 e. The Morgan fingerprint density at radius 1 is 1.61 bits per heavy atom. The van der Waals surface area contributed by atoms with Crippen molar-refractivity contribution in [3.63, 3.8) is 0 Å². The van der Waals surface area contributed by atoms with E-state index in [9.17, 15) is 18.5 Å². The molecule has 0 spiro atoms. The largest absolute Gasteiger partial charge is 0.466 e. The first-order valence-corrected chi connectivity index (χ1v) is 7.48. The van der Waals surface area contributed by atoms with Gasteiger partial charge < -0.3 is 4.74 Å². The van der Waals surface area contributed by atoms with Crippen LogP contribution in [0.1, 0.15) is 26.7 Å². The Kier molecular flexibility index (Phi) is 4.17. The summed E-state index contributed by atoms with van der Waals surface area (Å²) in [6, 6.07) is 1.85. The average molecular weight is 271 g/mol. The minimum Gasteiger partial charge on any atom is -0.466 e. The first kappa shape index (κ1) is 14.7. The van der Waals surface area contributed by atoms with Crippen molar-refractivity contribution >= 4 is 15.8 Å². The third-order valence-electron chi connectivity index (χ3n) is 3.31. The van der Waals surface area contributed by atoms with Gasteiger partial charge in [0.1, 0.15) is 0 Å². The molecule has 100 valence electrons. The van der Waals surface area contributed by atoms with Crippen LogP contribution in [0.2, 0.25) is 0 Å². The van der Waals surface area contributed by atoms with Gasteiger partial charge in [-0.2, -0.15) is 5.26 Å². The maximum Gasteiger partial charge on any atom is 0.309 e. The van der Waals surface area contributed by atoms with E-state index in [1.54, 1.807) is 6.92 Å². The Morgan fingerprint density at radius 3 is 2.67 bits per heavy atom. The summed E-state index contributed by atoms with van der Waals surface area (Å²) in [7, 11) is -3.61. The number of nitrogens with zero attached hydrogens (tertiary/aromatic N) is 1. The molecular formula is C12H17NO4S. The second-order valence-electron chi connectivity index (χ2n) is 4.30. The lowest BCUT2D eigenvalue weighted by atomic mass is 10.0. The van der Waals surface area contributed by atoms with E-state index < -0.39 is 26.5 Å². The number of nitriles is 1. The van der Waals surface area contributed by atoms with Crippen LogP contribution in [-0.4, -0.2) is 31.5 Å². The number of ether oxygens (including phenoxy) is 1. The highest BCUT2D eigenvalue weighted by atomic mass is 32.2. The highest BCUT2D eigenvalue weighted by molar-refractivity contribution is 7.93. The van der Waals surface area contributed by atoms with Gasteiger partial charge in [0.2, 0.25) is 0 Å². The molecule has 2 atom stereocenters. The van der Waals surface area contributed by atoms with Gasteiger partial charge in [0.25, 0.3) is 0 Å². The summed E-state index contributed by atoms with van der Waals surface area (Å²) in [6.45, 7) is 7.08. The molecule has 0 amide bonds. The van der Waals surface area contributed by atoms with Gasteiger partial charge in [-0.15, -0.1) is 0 Å². The fourth-order valence-corrected chi connectivity index (χ4v) is 3.85. The molecule has 1 rings (SSSR count). The van der Waals surface area contributed by atoms with Gasteiger partial charge in [-0.05, 0) is 25.3 Å². The Balaban J connectivity index is 3.10. The van der Waals surface area contributed by atoms with Crippen molar-refractivity contribution in [1.82, 2.24) is 0 Å². The maximum atomic E-state index is 12.1. The second-order valence-corrected chi connectivity index (χ2v) is 6.81. The Hall–Kier alpha value is -1.35. The normalized spacial score (nSPS) is 27.8. The molecule has 0 aliphatic heterocycles. The van der Waals surface area contributed by atoms with Crippen molar-refractivity contribution in [2.45, 2.75) is 31.4 Å². The lowest BCUT2D eigenvalue weighted by molar-refractivity contribution is -0.147. The molecule has 1 aliphatic rings. The minimum atomic E-state index is -3.61. The molecule has 0 aromatic heterocycles. The van der Waals surface area contributed by atoms with Crippen LogP contribution < -0.4 is 0 Å². The zero-order valence-electron chi connectivity index (χ0n) is 10.6. The summed E-state index contributed by atoms with van der Waals surface area (Å²) in [5.74, 6) is -1.18. The van der Waals surface area contributed by atoms with Gasteiger partial charge in [-0.3, -0.25) is 4.79 Å². The van der Waals surface area contributed by atoms with E-state index in [2.05, 4.69) is 6.58 Å². The number of carbonyl (C=O) groups is 1. The van der Waals surface area contributed by atoms with Crippen molar-refractivity contribution in [1.29, 1.82) is 5.26 Å². The van der Waals surface area contributed by atoms with Crippen LogP contribution >= 0.6 is 0 Å². The van der Waals surface area contributed by atoms with E-state index in [-0.39, 0.29) is 25.2 Å². The van der Waals surface area contributed by atoms with Crippen molar-refractivity contribution < 1.29 is 17.9 Å². The molecule has 0 saturated heterocycles. The number of hydrogen-bond donors (Lipinski definition) is 0. The van der Waals surface area contributed by atoms with E-state index in [4.69, 9.17) is 4.74 Å². The van der Waals surface area contributed by atoms with Gasteiger partial charge in [0.05, 0.1) is 18.6 Å². The highest BCUT2D eigenvalue weighted by Crippen LogP contribution is 2.44. The minimum absolute atomic E-state index is 0.0443. The molecular weight excluding hydrogens is 254 g/mol. The maximum absolute atomic E-state index is 12.1. The number of sulfone groups is 1. The van der Waals surface area contributed by atoms with E-state index >= 15 is 0 Å². The molecule has 0 aromatic carbocycles. The molecule has 0 bridgehead atoms. The SMILES string of the molecule is C=C1C[C@H](C(=O)OCC)C[C@]1(C#N)S(=O)(=O)CC. The van der Waals surface area contributed by atoms with Gasteiger partial charge >= 0.3 is 5.97 Å². The van der Waals surface area contributed by atoms with Crippen molar-refractivity contribution in [3.05, 3.63) is 12.2 Å². The monoisotopic (exact) mass is 271 g/mol. The Labute approximate surface area is 107 Å². The summed E-state index contributed by atoms with van der Waals surface area (Å²) in [4.78, 5) is 11.6. The first-order chi connectivity index (χ1) is 8.34. The molecule has 0 N–H and O–H groups in total. The predicted octanol–water partition coefficient (Wildman–Crippen LogP) is 1.21. The van der Waals surface area contributed by atoms with E-state index in [1.165, 1.54) is 6.92 Å². The first-order valence-electron chi connectivity index (χ1n) is 5.83. The summed E-state index contributed by atoms with van der Waals surface area (Å²) in [6.07, 6.45) is 0.156. The van der Waals surface area contributed by atoms with Crippen LogP contribution in [-0.2, 0) is 19.4 Å². The van der Waals surface area contributed by atoms with Crippen LogP contribution in [0, 0.1) is 17.2 Å². The molecule has 0 radical (unpaired) electrons. The molecule has 0 unspecified atom stereocenters. The standard InChI is InChI=1S/C12H17NO4S/c1-4-17-11(14)10-6-9(3)12(7-10,8-13)18(15,16)5-2/h10H,3-7H2,1-2H3/t10-,12+/m0/s1. The zero-order chi connectivity index (χ0) is 14.0. The van der Waals surface area contributed by atoms with Gasteiger partial charge in [0, 0.05) is 5.75 Å². The van der Waals surface area contributed by atoms with Gasteiger partial charge in [-0.25, -0.2) is 8.42 Å². The summed E-state index contributed by atoms with van der Waals surface area (Å²) >= 11 is 0. The number of rotatable bonds is 4. The Morgan fingerprint density at radius 2 is 2.22 bits per heavy atom. The molecule has 1 aliphatic carbocycles. The van der Waals surface area contributed by atoms with Crippen LogP contribution in [0.15, 0.2) is 12.2 Å². The topological polar surface area (TPSA) is 84.2 Å². The van der Waals surface area contributed by atoms with Crippen molar-refractivity contribution in [2.75, 3.05) is 12.4 Å². The molecule has 5 nitrogen and oxygen atoms in total. The molecule has 1 saturated carbocycles. The van der Waals surface area contributed by atoms with Gasteiger partial charge in [-0.1, -0.05) is 13.5 Å². The van der Waals surface area contributed by atoms with Crippen LogP contribution in [0.3, 0.4) is 0 Å². The molecule has 18 heavy (non-hydrogen) atoms. The van der Waals surface area contributed by atoms with Crippen LogP contribution in [0.4, 0.5) is 0 Å². The van der Waals surface area contributed by atoms with Crippen molar-refractivity contribution in [3.8, 4) is 6.07 Å². The summed E-state index contributed by atoms with van der Waals surface area (Å²) < 4.78 is 27.4. The average Bonchev–Trinajstić information content (AvgIpc) is 2.68. The third-order valence-corrected chi connectivity index (χ3v) is 5.68. The van der Waals surface area contributed by atoms with Crippen LogP contribution in [0.25, 0.3) is 0 Å². The Bertz CT molecular complexity index is 503. The predicted molar refractivity (Wildman–Crippen MR) is 66.3 cm³/mol. The number of carbonyl (C=O) groups excluding carboxylic acids is 1. The zero-order valence-corrected chi connectivity index (χ0v) is 11.4. The van der Waals surface area contributed by atoms with E-state index in [0.29, 0.717) is 5.57 Å². The molecule has 1 fully saturated rings. The quantitative estimate of drug-likeness (QED) is 0.567. The van der Waals surface area contributed by atoms with Gasteiger partial charge in [0.15, 0.2) is 14.6 Å². The van der Waals surface area contributed by atoms with Crippen LogP contribution in [0.5, 0.6) is 0 Å². The molecule has 0 heterocycles. The number of esters is 1. The number of hydrogen-bond acceptors (Lipinski definition) is 5. The molecule has 6 heteroatoms. The third kappa shape index (κ3) is 2.15.